The molecule has 0 fully saturated rings. The van der Waals surface area contributed by atoms with Crippen molar-refractivity contribution in [2.24, 2.45) is 0 Å². The molecule has 0 heterocycles. The van der Waals surface area contributed by atoms with E-state index in [2.05, 4.69) is 5.32 Å². The second-order valence-corrected chi connectivity index (χ2v) is 9.99. The Hall–Kier alpha value is -2.83. The Kier molecular flexibility index (Phi) is 7.59. The van der Waals surface area contributed by atoms with Crippen molar-refractivity contribution in [3.05, 3.63) is 94.5 Å². The predicted octanol–water partition coefficient (Wildman–Crippen LogP) is 5.42. The van der Waals surface area contributed by atoms with Gasteiger partial charge in [0.2, 0.25) is 5.91 Å². The average molecular weight is 471 g/mol. The van der Waals surface area contributed by atoms with Crippen LogP contribution >= 0.6 is 11.6 Å². The first-order valence-electron chi connectivity index (χ1n) is 10.4. The molecule has 3 rings (SSSR count). The van der Waals surface area contributed by atoms with Crippen LogP contribution in [0.4, 0.5) is 5.69 Å². The molecule has 32 heavy (non-hydrogen) atoms. The molecule has 0 radical (unpaired) electrons. The van der Waals surface area contributed by atoms with E-state index in [1.165, 1.54) is 12.1 Å². The summed E-state index contributed by atoms with van der Waals surface area (Å²) < 4.78 is 28.1. The van der Waals surface area contributed by atoms with Crippen LogP contribution in [0.25, 0.3) is 0 Å². The summed E-state index contributed by atoms with van der Waals surface area (Å²) in [6, 6.07) is 20.8. The summed E-state index contributed by atoms with van der Waals surface area (Å²) in [5.74, 6) is -0.383. The fraction of sp³-hybridized carbons (Fsp3) is 0.240. The van der Waals surface area contributed by atoms with E-state index in [4.69, 9.17) is 11.6 Å². The Morgan fingerprint density at radius 1 is 1.00 bits per heavy atom. The van der Waals surface area contributed by atoms with Gasteiger partial charge in [-0.05, 0) is 61.7 Å². The van der Waals surface area contributed by atoms with Gasteiger partial charge in [-0.2, -0.15) is 0 Å². The van der Waals surface area contributed by atoms with Gasteiger partial charge in [-0.1, -0.05) is 66.6 Å². The minimum absolute atomic E-state index is 0.118. The molecule has 0 aliphatic rings. The fourth-order valence-electron chi connectivity index (χ4n) is 3.51. The number of nitrogens with one attached hydrogen (secondary N) is 1. The predicted molar refractivity (Wildman–Crippen MR) is 130 cm³/mol. The topological polar surface area (TPSA) is 66.5 Å². The van der Waals surface area contributed by atoms with E-state index < -0.39 is 10.0 Å². The lowest BCUT2D eigenvalue weighted by molar-refractivity contribution is -0.120. The Balaban J connectivity index is 1.93. The van der Waals surface area contributed by atoms with Crippen LogP contribution in [0.2, 0.25) is 5.02 Å². The molecule has 0 aliphatic carbocycles. The highest BCUT2D eigenvalue weighted by Gasteiger charge is 2.29. The number of hydrogen-bond acceptors (Lipinski definition) is 3. The quantitative estimate of drug-likeness (QED) is 0.478. The third-order valence-electron chi connectivity index (χ3n) is 5.27. The molecule has 0 unspecified atom stereocenters. The number of aryl methyl sites for hydroxylation is 2. The maximum atomic E-state index is 13.5. The van der Waals surface area contributed by atoms with E-state index in [1.807, 2.05) is 38.1 Å². The largest absolute Gasteiger partial charge is 0.348 e. The molecule has 168 valence electrons. The van der Waals surface area contributed by atoms with Gasteiger partial charge in [-0.15, -0.1) is 0 Å². The van der Waals surface area contributed by atoms with Crippen LogP contribution < -0.4 is 9.62 Å². The zero-order chi connectivity index (χ0) is 23.3. The minimum Gasteiger partial charge on any atom is -0.348 e. The van der Waals surface area contributed by atoms with Crippen molar-refractivity contribution in [1.29, 1.82) is 0 Å². The first-order chi connectivity index (χ1) is 15.2. The summed E-state index contributed by atoms with van der Waals surface area (Å²) in [6.45, 7) is 5.41. The van der Waals surface area contributed by atoms with E-state index in [9.17, 15) is 13.2 Å². The highest BCUT2D eigenvalue weighted by molar-refractivity contribution is 7.92. The zero-order valence-corrected chi connectivity index (χ0v) is 20.0. The monoisotopic (exact) mass is 470 g/mol. The Bertz CT molecular complexity index is 1180. The molecule has 1 amide bonds. The first-order valence-corrected chi connectivity index (χ1v) is 12.2. The maximum absolute atomic E-state index is 13.5. The first kappa shape index (κ1) is 23.8. The Morgan fingerprint density at radius 2 is 1.66 bits per heavy atom. The number of rotatable bonds is 8. The van der Waals surface area contributed by atoms with Gasteiger partial charge in [0.15, 0.2) is 0 Å². The molecule has 1 atom stereocenters. The summed E-state index contributed by atoms with van der Waals surface area (Å²) >= 11 is 6.08. The van der Waals surface area contributed by atoms with Crippen molar-refractivity contribution in [2.75, 3.05) is 10.8 Å². The SMILES string of the molecule is CC[C@H](NC(=O)CN(c1ccc(Cl)cc1C)S(=O)(=O)c1ccccc1)c1ccc(C)cc1. The molecule has 3 aromatic rings. The molecule has 7 heteroatoms. The summed E-state index contributed by atoms with van der Waals surface area (Å²) in [6.07, 6.45) is 0.681. The Labute approximate surface area is 195 Å². The molecule has 3 aromatic carbocycles. The third-order valence-corrected chi connectivity index (χ3v) is 7.28. The highest BCUT2D eigenvalue weighted by Crippen LogP contribution is 2.29. The van der Waals surface area contributed by atoms with Crippen LogP contribution in [0.15, 0.2) is 77.7 Å². The van der Waals surface area contributed by atoms with Crippen molar-refractivity contribution in [2.45, 2.75) is 38.1 Å². The van der Waals surface area contributed by atoms with E-state index >= 15 is 0 Å². The Morgan fingerprint density at radius 3 is 2.25 bits per heavy atom. The molecule has 0 aromatic heterocycles. The number of hydrogen-bond donors (Lipinski definition) is 1. The molecule has 1 N–H and O–H groups in total. The summed E-state index contributed by atoms with van der Waals surface area (Å²) in [5, 5.41) is 3.48. The van der Waals surface area contributed by atoms with Crippen LogP contribution in [0.3, 0.4) is 0 Å². The summed E-state index contributed by atoms with van der Waals surface area (Å²) in [4.78, 5) is 13.2. The van der Waals surface area contributed by atoms with E-state index in [0.29, 0.717) is 22.7 Å². The highest BCUT2D eigenvalue weighted by atomic mass is 35.5. The van der Waals surface area contributed by atoms with Crippen molar-refractivity contribution in [1.82, 2.24) is 5.32 Å². The molecular weight excluding hydrogens is 444 g/mol. The average Bonchev–Trinajstić information content (AvgIpc) is 2.77. The third kappa shape index (κ3) is 5.50. The van der Waals surface area contributed by atoms with Gasteiger partial charge < -0.3 is 5.32 Å². The van der Waals surface area contributed by atoms with Crippen molar-refractivity contribution >= 4 is 33.2 Å². The molecule has 0 bridgehead atoms. The molecular formula is C25H27ClN2O3S. The second kappa shape index (κ2) is 10.2. The van der Waals surface area contributed by atoms with Crippen LogP contribution in [-0.4, -0.2) is 20.9 Å². The number of nitrogens with zero attached hydrogens (tertiary/aromatic N) is 1. The minimum atomic E-state index is -3.97. The molecule has 0 aliphatic heterocycles. The van der Waals surface area contributed by atoms with Crippen LogP contribution in [-0.2, 0) is 14.8 Å². The molecule has 0 saturated carbocycles. The normalized spacial score (nSPS) is 12.2. The van der Waals surface area contributed by atoms with Crippen molar-refractivity contribution in [3.8, 4) is 0 Å². The van der Waals surface area contributed by atoms with Gasteiger partial charge in [0.1, 0.15) is 6.54 Å². The lowest BCUT2D eigenvalue weighted by Gasteiger charge is -2.27. The van der Waals surface area contributed by atoms with Crippen LogP contribution in [0.5, 0.6) is 0 Å². The number of anilines is 1. The number of sulfonamides is 1. The number of carbonyl (C=O) groups excluding carboxylic acids is 1. The van der Waals surface area contributed by atoms with Gasteiger partial charge in [0, 0.05) is 5.02 Å². The lowest BCUT2D eigenvalue weighted by Crippen LogP contribution is -2.42. The number of halogens is 1. The van der Waals surface area contributed by atoms with E-state index in [1.54, 1.807) is 43.3 Å². The van der Waals surface area contributed by atoms with Gasteiger partial charge in [0.05, 0.1) is 16.6 Å². The van der Waals surface area contributed by atoms with E-state index in [-0.39, 0.29) is 23.4 Å². The van der Waals surface area contributed by atoms with Crippen molar-refractivity contribution in [3.63, 3.8) is 0 Å². The van der Waals surface area contributed by atoms with Gasteiger partial charge in [-0.3, -0.25) is 9.10 Å². The van der Waals surface area contributed by atoms with Gasteiger partial charge in [0.25, 0.3) is 10.0 Å². The molecule has 0 saturated heterocycles. The maximum Gasteiger partial charge on any atom is 0.264 e. The van der Waals surface area contributed by atoms with Crippen molar-refractivity contribution < 1.29 is 13.2 Å². The lowest BCUT2D eigenvalue weighted by atomic mass is 10.0. The number of carbonyl (C=O) groups is 1. The van der Waals surface area contributed by atoms with Crippen LogP contribution in [0, 0.1) is 13.8 Å². The van der Waals surface area contributed by atoms with Crippen LogP contribution in [0.1, 0.15) is 36.1 Å². The standard InChI is InChI=1S/C25H27ClN2O3S/c1-4-23(20-12-10-18(2)11-13-20)27-25(29)17-28(24-15-14-21(26)16-19(24)3)32(30,31)22-8-6-5-7-9-22/h5-16,23H,4,17H2,1-3H3,(H,27,29)/t23-/m0/s1. The van der Waals surface area contributed by atoms with Gasteiger partial charge >= 0.3 is 0 Å². The zero-order valence-electron chi connectivity index (χ0n) is 18.4. The summed E-state index contributed by atoms with van der Waals surface area (Å²) in [7, 11) is -3.97. The molecule has 5 nitrogen and oxygen atoms in total. The fourth-order valence-corrected chi connectivity index (χ4v) is 5.24. The van der Waals surface area contributed by atoms with E-state index in [0.717, 1.165) is 15.4 Å². The number of benzene rings is 3. The van der Waals surface area contributed by atoms with Gasteiger partial charge in [-0.25, -0.2) is 8.42 Å². The smallest absolute Gasteiger partial charge is 0.264 e. The molecule has 0 spiro atoms. The number of amides is 1. The summed E-state index contributed by atoms with van der Waals surface area (Å²) in [5.41, 5.74) is 3.19. The second-order valence-electron chi connectivity index (χ2n) is 7.69.